The fraction of sp³-hybridized carbons (Fsp3) is 0.579. The molecular formula is C19H24N2O4. The third kappa shape index (κ3) is 3.17. The molecule has 0 N–H and O–H groups in total. The van der Waals surface area contributed by atoms with Gasteiger partial charge in [0, 0.05) is 38.3 Å². The van der Waals surface area contributed by atoms with Crippen molar-refractivity contribution >= 4 is 17.5 Å². The van der Waals surface area contributed by atoms with Gasteiger partial charge in [0.25, 0.3) is 0 Å². The molecule has 0 spiro atoms. The maximum Gasteiger partial charge on any atom is 0.231 e. The van der Waals surface area contributed by atoms with Gasteiger partial charge in [0.1, 0.15) is 0 Å². The Balaban J connectivity index is 1.42. The molecule has 2 aliphatic heterocycles. The summed E-state index contributed by atoms with van der Waals surface area (Å²) >= 11 is 0. The van der Waals surface area contributed by atoms with E-state index in [2.05, 4.69) is 0 Å². The van der Waals surface area contributed by atoms with E-state index >= 15 is 0 Å². The SMILES string of the molecule is CN(CC1CCCC1)C(=O)C1CC(=O)N(c2ccc3c(c2)OCO3)C1. The fourth-order valence-electron chi connectivity index (χ4n) is 4.16. The van der Waals surface area contributed by atoms with Crippen LogP contribution in [-0.2, 0) is 9.59 Å². The first kappa shape index (κ1) is 16.2. The molecule has 2 fully saturated rings. The minimum Gasteiger partial charge on any atom is -0.454 e. The van der Waals surface area contributed by atoms with Crippen molar-refractivity contribution in [3.8, 4) is 11.5 Å². The van der Waals surface area contributed by atoms with Gasteiger partial charge in [0.2, 0.25) is 18.6 Å². The molecule has 1 unspecified atom stereocenters. The van der Waals surface area contributed by atoms with E-state index in [-0.39, 0.29) is 30.9 Å². The van der Waals surface area contributed by atoms with E-state index in [1.165, 1.54) is 25.7 Å². The molecule has 25 heavy (non-hydrogen) atoms. The van der Waals surface area contributed by atoms with Gasteiger partial charge < -0.3 is 19.3 Å². The molecule has 6 heteroatoms. The Morgan fingerprint density at radius 2 is 2.00 bits per heavy atom. The standard InChI is InChI=1S/C19H24N2O4/c1-20(10-13-4-2-3-5-13)19(23)14-8-18(22)21(11-14)15-6-7-16-17(9-15)25-12-24-16/h6-7,9,13-14H,2-5,8,10-12H2,1H3. The molecular weight excluding hydrogens is 320 g/mol. The summed E-state index contributed by atoms with van der Waals surface area (Å²) < 4.78 is 10.7. The van der Waals surface area contributed by atoms with Crippen molar-refractivity contribution in [3.05, 3.63) is 18.2 Å². The minimum absolute atomic E-state index is 0.00789. The lowest BCUT2D eigenvalue weighted by Gasteiger charge is -2.24. The Bertz CT molecular complexity index is 684. The summed E-state index contributed by atoms with van der Waals surface area (Å²) in [6.45, 7) is 1.46. The first-order chi connectivity index (χ1) is 12.1. The maximum absolute atomic E-state index is 12.7. The Morgan fingerprint density at radius 1 is 1.24 bits per heavy atom. The van der Waals surface area contributed by atoms with Crippen molar-refractivity contribution in [3.63, 3.8) is 0 Å². The van der Waals surface area contributed by atoms with Gasteiger partial charge >= 0.3 is 0 Å². The lowest BCUT2D eigenvalue weighted by atomic mass is 10.0. The molecule has 1 atom stereocenters. The highest BCUT2D eigenvalue weighted by atomic mass is 16.7. The van der Waals surface area contributed by atoms with E-state index < -0.39 is 0 Å². The molecule has 0 aromatic heterocycles. The van der Waals surface area contributed by atoms with Crippen LogP contribution in [0.3, 0.4) is 0 Å². The number of ether oxygens (including phenoxy) is 2. The minimum atomic E-state index is -0.260. The number of anilines is 1. The molecule has 134 valence electrons. The summed E-state index contributed by atoms with van der Waals surface area (Å²) in [6.07, 6.45) is 5.25. The van der Waals surface area contributed by atoms with Crippen LogP contribution in [0.1, 0.15) is 32.1 Å². The Hall–Kier alpha value is -2.24. The summed E-state index contributed by atoms with van der Waals surface area (Å²) in [5.74, 6) is 1.79. The lowest BCUT2D eigenvalue weighted by molar-refractivity contribution is -0.135. The van der Waals surface area contributed by atoms with Crippen LogP contribution < -0.4 is 14.4 Å². The quantitative estimate of drug-likeness (QED) is 0.842. The van der Waals surface area contributed by atoms with Crippen LogP contribution in [0, 0.1) is 11.8 Å². The van der Waals surface area contributed by atoms with Gasteiger partial charge in [-0.2, -0.15) is 0 Å². The molecule has 1 aromatic rings. The number of carbonyl (C=O) groups excluding carboxylic acids is 2. The van der Waals surface area contributed by atoms with Gasteiger partial charge in [-0.25, -0.2) is 0 Å². The summed E-state index contributed by atoms with van der Waals surface area (Å²) in [4.78, 5) is 28.7. The summed E-state index contributed by atoms with van der Waals surface area (Å²) in [5, 5.41) is 0. The van der Waals surface area contributed by atoms with E-state index in [0.717, 1.165) is 12.2 Å². The van der Waals surface area contributed by atoms with Crippen molar-refractivity contribution in [1.82, 2.24) is 4.90 Å². The van der Waals surface area contributed by atoms with Crippen LogP contribution in [0.15, 0.2) is 18.2 Å². The van der Waals surface area contributed by atoms with Gasteiger partial charge in [-0.3, -0.25) is 9.59 Å². The number of amides is 2. The van der Waals surface area contributed by atoms with E-state index in [1.807, 2.05) is 30.1 Å². The van der Waals surface area contributed by atoms with Gasteiger partial charge in [-0.15, -0.1) is 0 Å². The highest BCUT2D eigenvalue weighted by Crippen LogP contribution is 2.37. The number of hydrogen-bond acceptors (Lipinski definition) is 4. The molecule has 1 aliphatic carbocycles. The highest BCUT2D eigenvalue weighted by molar-refractivity contribution is 6.00. The average Bonchev–Trinajstić information content (AvgIpc) is 3.33. The number of hydrogen-bond donors (Lipinski definition) is 0. The van der Waals surface area contributed by atoms with E-state index in [9.17, 15) is 9.59 Å². The van der Waals surface area contributed by atoms with Crippen molar-refractivity contribution < 1.29 is 19.1 Å². The molecule has 4 rings (SSSR count). The fourth-order valence-corrected chi connectivity index (χ4v) is 4.16. The van der Waals surface area contributed by atoms with Crippen molar-refractivity contribution in [1.29, 1.82) is 0 Å². The van der Waals surface area contributed by atoms with Crippen molar-refractivity contribution in [2.45, 2.75) is 32.1 Å². The predicted molar refractivity (Wildman–Crippen MR) is 92.6 cm³/mol. The smallest absolute Gasteiger partial charge is 0.231 e. The molecule has 0 radical (unpaired) electrons. The van der Waals surface area contributed by atoms with E-state index in [4.69, 9.17) is 9.47 Å². The van der Waals surface area contributed by atoms with Crippen LogP contribution in [0.25, 0.3) is 0 Å². The number of nitrogens with zero attached hydrogens (tertiary/aromatic N) is 2. The second-order valence-electron chi connectivity index (χ2n) is 7.31. The predicted octanol–water partition coefficient (Wildman–Crippen LogP) is 2.42. The zero-order valence-electron chi connectivity index (χ0n) is 14.6. The number of rotatable bonds is 4. The average molecular weight is 344 g/mol. The van der Waals surface area contributed by atoms with Crippen LogP contribution in [0.5, 0.6) is 11.5 Å². The molecule has 1 aromatic carbocycles. The maximum atomic E-state index is 12.7. The second kappa shape index (κ2) is 6.58. The van der Waals surface area contributed by atoms with E-state index in [0.29, 0.717) is 24.0 Å². The van der Waals surface area contributed by atoms with Crippen LogP contribution in [0.2, 0.25) is 0 Å². The van der Waals surface area contributed by atoms with Crippen LogP contribution in [-0.4, -0.2) is 43.6 Å². The first-order valence-corrected chi connectivity index (χ1v) is 9.07. The normalized spacial score (nSPS) is 22.7. The van der Waals surface area contributed by atoms with Crippen LogP contribution in [0.4, 0.5) is 5.69 Å². The van der Waals surface area contributed by atoms with Crippen molar-refractivity contribution in [2.24, 2.45) is 11.8 Å². The topological polar surface area (TPSA) is 59.1 Å². The van der Waals surface area contributed by atoms with Gasteiger partial charge in [-0.1, -0.05) is 12.8 Å². The largest absolute Gasteiger partial charge is 0.454 e. The number of fused-ring (bicyclic) bond motifs is 1. The number of carbonyl (C=O) groups is 2. The molecule has 3 aliphatic rings. The molecule has 1 saturated heterocycles. The Kier molecular flexibility index (Phi) is 4.27. The van der Waals surface area contributed by atoms with Gasteiger partial charge in [0.05, 0.1) is 5.92 Å². The van der Waals surface area contributed by atoms with Gasteiger partial charge in [-0.05, 0) is 30.9 Å². The monoisotopic (exact) mass is 344 g/mol. The third-order valence-corrected chi connectivity index (χ3v) is 5.53. The third-order valence-electron chi connectivity index (χ3n) is 5.53. The first-order valence-electron chi connectivity index (χ1n) is 9.07. The summed E-state index contributed by atoms with van der Waals surface area (Å²) in [7, 11) is 1.87. The highest BCUT2D eigenvalue weighted by Gasteiger charge is 2.37. The van der Waals surface area contributed by atoms with Crippen LogP contribution >= 0.6 is 0 Å². The number of benzene rings is 1. The van der Waals surface area contributed by atoms with E-state index in [1.54, 1.807) is 4.90 Å². The molecule has 2 heterocycles. The lowest BCUT2D eigenvalue weighted by Crippen LogP contribution is -2.37. The molecule has 2 amide bonds. The summed E-state index contributed by atoms with van der Waals surface area (Å²) in [6, 6.07) is 5.47. The zero-order chi connectivity index (χ0) is 17.4. The van der Waals surface area contributed by atoms with Gasteiger partial charge in [0.15, 0.2) is 11.5 Å². The van der Waals surface area contributed by atoms with Crippen molar-refractivity contribution in [2.75, 3.05) is 31.8 Å². The Labute approximate surface area is 147 Å². The second-order valence-corrected chi connectivity index (χ2v) is 7.31. The molecule has 1 saturated carbocycles. The summed E-state index contributed by atoms with van der Waals surface area (Å²) in [5.41, 5.74) is 0.767. The molecule has 6 nitrogen and oxygen atoms in total. The molecule has 0 bridgehead atoms. The zero-order valence-corrected chi connectivity index (χ0v) is 14.6. The Morgan fingerprint density at radius 3 is 2.80 bits per heavy atom.